The number of rotatable bonds is 1. The Morgan fingerprint density at radius 1 is 1.27 bits per heavy atom. The van der Waals surface area contributed by atoms with Crippen molar-refractivity contribution in [3.05, 3.63) is 41.6 Å². The summed E-state index contributed by atoms with van der Waals surface area (Å²) in [5.41, 5.74) is 4.93. The summed E-state index contributed by atoms with van der Waals surface area (Å²) in [5.74, 6) is -2.00. The molecule has 15 heavy (non-hydrogen) atoms. The number of hydrogen-bond donors (Lipinski definition) is 1. The van der Waals surface area contributed by atoms with Gasteiger partial charge in [-0.3, -0.25) is 9.78 Å². The average molecular weight is 208 g/mol. The Balaban J connectivity index is 2.81. The van der Waals surface area contributed by atoms with E-state index in [4.69, 9.17) is 5.73 Å². The molecule has 0 aliphatic heterocycles. The predicted octanol–water partition coefficient (Wildman–Crippen LogP) is 1.61. The summed E-state index contributed by atoms with van der Waals surface area (Å²) in [6.07, 6.45) is 1.12. The van der Waals surface area contributed by atoms with Gasteiger partial charge in [-0.25, -0.2) is 8.78 Å². The van der Waals surface area contributed by atoms with E-state index in [0.29, 0.717) is 0 Å². The van der Waals surface area contributed by atoms with Crippen molar-refractivity contribution >= 4 is 16.8 Å². The highest BCUT2D eigenvalue weighted by Crippen LogP contribution is 2.19. The Morgan fingerprint density at radius 3 is 2.60 bits per heavy atom. The molecule has 1 aromatic carbocycles. The number of amides is 1. The van der Waals surface area contributed by atoms with Crippen molar-refractivity contribution < 1.29 is 13.6 Å². The second kappa shape index (κ2) is 3.27. The molecule has 0 spiro atoms. The number of nitrogens with zero attached hydrogens (tertiary/aromatic N) is 1. The molecule has 0 saturated heterocycles. The fraction of sp³-hybridized carbons (Fsp3) is 0. The lowest BCUT2D eigenvalue weighted by atomic mass is 10.1. The second-order valence-electron chi connectivity index (χ2n) is 3.01. The van der Waals surface area contributed by atoms with Crippen LogP contribution in [-0.2, 0) is 0 Å². The summed E-state index contributed by atoms with van der Waals surface area (Å²) in [6, 6.07) is 3.14. The molecule has 2 rings (SSSR count). The largest absolute Gasteiger partial charge is 0.366 e. The third-order valence-corrected chi connectivity index (χ3v) is 2.03. The van der Waals surface area contributed by atoms with Gasteiger partial charge in [0.1, 0.15) is 17.2 Å². The lowest BCUT2D eigenvalue weighted by molar-refractivity contribution is 0.1000. The van der Waals surface area contributed by atoms with E-state index in [1.54, 1.807) is 0 Å². The van der Waals surface area contributed by atoms with Crippen molar-refractivity contribution in [2.75, 3.05) is 0 Å². The van der Waals surface area contributed by atoms with Crippen molar-refractivity contribution in [1.82, 2.24) is 4.98 Å². The van der Waals surface area contributed by atoms with Crippen LogP contribution in [0.2, 0.25) is 0 Å². The molecule has 0 aliphatic rings. The van der Waals surface area contributed by atoms with Gasteiger partial charge < -0.3 is 5.73 Å². The monoisotopic (exact) mass is 208 g/mol. The molecule has 0 saturated carbocycles. The van der Waals surface area contributed by atoms with Gasteiger partial charge in [0.05, 0.1) is 5.56 Å². The van der Waals surface area contributed by atoms with E-state index in [-0.39, 0.29) is 16.5 Å². The lowest BCUT2D eigenvalue weighted by Gasteiger charge is -2.01. The molecule has 0 aliphatic carbocycles. The van der Waals surface area contributed by atoms with Crippen molar-refractivity contribution in [2.45, 2.75) is 0 Å². The number of aromatic nitrogens is 1. The Morgan fingerprint density at radius 2 is 1.93 bits per heavy atom. The molecule has 0 radical (unpaired) electrons. The minimum absolute atomic E-state index is 0.0481. The number of primary amides is 1. The van der Waals surface area contributed by atoms with Crippen LogP contribution in [0.5, 0.6) is 0 Å². The highest BCUT2D eigenvalue weighted by molar-refractivity contribution is 5.96. The normalized spacial score (nSPS) is 10.5. The number of carbonyl (C=O) groups is 1. The van der Waals surface area contributed by atoms with E-state index in [1.165, 1.54) is 6.07 Å². The van der Waals surface area contributed by atoms with E-state index in [9.17, 15) is 13.6 Å². The van der Waals surface area contributed by atoms with Crippen molar-refractivity contribution in [3.63, 3.8) is 0 Å². The van der Waals surface area contributed by atoms with Gasteiger partial charge in [-0.05, 0) is 18.2 Å². The molecular weight excluding hydrogens is 202 g/mol. The maximum atomic E-state index is 13.3. The highest BCUT2D eigenvalue weighted by atomic mass is 19.1. The molecule has 76 valence electrons. The quantitative estimate of drug-likeness (QED) is 0.774. The number of fused-ring (bicyclic) bond motifs is 1. The van der Waals surface area contributed by atoms with E-state index < -0.39 is 17.5 Å². The Bertz CT molecular complexity index is 554. The molecule has 3 nitrogen and oxygen atoms in total. The minimum atomic E-state index is -0.729. The Hall–Kier alpha value is -2.04. The number of hydrogen-bond acceptors (Lipinski definition) is 2. The first kappa shape index (κ1) is 9.51. The zero-order valence-electron chi connectivity index (χ0n) is 7.50. The van der Waals surface area contributed by atoms with Crippen LogP contribution < -0.4 is 5.73 Å². The average Bonchev–Trinajstić information content (AvgIpc) is 2.23. The highest BCUT2D eigenvalue weighted by Gasteiger charge is 2.09. The molecule has 5 heteroatoms. The fourth-order valence-corrected chi connectivity index (χ4v) is 1.29. The van der Waals surface area contributed by atoms with Crippen LogP contribution in [0.4, 0.5) is 8.78 Å². The number of carbonyl (C=O) groups excluding carboxylic acids is 1. The fourth-order valence-electron chi connectivity index (χ4n) is 1.29. The smallest absolute Gasteiger partial charge is 0.250 e. The molecule has 1 heterocycles. The van der Waals surface area contributed by atoms with E-state index in [1.807, 2.05) is 0 Å². The maximum absolute atomic E-state index is 13.3. The van der Waals surface area contributed by atoms with Gasteiger partial charge in [-0.15, -0.1) is 0 Å². The summed E-state index contributed by atoms with van der Waals surface area (Å²) in [7, 11) is 0. The summed E-state index contributed by atoms with van der Waals surface area (Å²) in [4.78, 5) is 14.5. The van der Waals surface area contributed by atoms with Crippen LogP contribution >= 0.6 is 0 Å². The topological polar surface area (TPSA) is 56.0 Å². The van der Waals surface area contributed by atoms with Gasteiger partial charge >= 0.3 is 0 Å². The van der Waals surface area contributed by atoms with Gasteiger partial charge in [0.2, 0.25) is 5.91 Å². The molecule has 0 fully saturated rings. The third-order valence-electron chi connectivity index (χ3n) is 2.03. The number of halogens is 2. The Kier molecular flexibility index (Phi) is 2.07. The summed E-state index contributed by atoms with van der Waals surface area (Å²) in [5, 5.41) is -0.0497. The van der Waals surface area contributed by atoms with E-state index in [0.717, 1.165) is 18.3 Å². The van der Waals surface area contributed by atoms with Gasteiger partial charge in [0.15, 0.2) is 0 Å². The zero-order valence-corrected chi connectivity index (χ0v) is 7.50. The van der Waals surface area contributed by atoms with Crippen molar-refractivity contribution in [1.29, 1.82) is 0 Å². The van der Waals surface area contributed by atoms with Crippen LogP contribution in [-0.4, -0.2) is 10.9 Å². The molecule has 0 atom stereocenters. The first-order valence-electron chi connectivity index (χ1n) is 4.13. The van der Waals surface area contributed by atoms with Crippen molar-refractivity contribution in [2.24, 2.45) is 5.73 Å². The second-order valence-corrected chi connectivity index (χ2v) is 3.01. The summed E-state index contributed by atoms with van der Waals surface area (Å²) < 4.78 is 26.4. The van der Waals surface area contributed by atoms with Gasteiger partial charge in [-0.2, -0.15) is 0 Å². The number of nitrogens with two attached hydrogens (primary N) is 1. The summed E-state index contributed by atoms with van der Waals surface area (Å²) in [6.45, 7) is 0. The van der Waals surface area contributed by atoms with Crippen LogP contribution in [0.3, 0.4) is 0 Å². The predicted molar refractivity (Wildman–Crippen MR) is 50.2 cm³/mol. The number of pyridine rings is 1. The SMILES string of the molecule is NC(=O)c1cnc2c(F)ccc(F)c2c1. The maximum Gasteiger partial charge on any atom is 0.250 e. The van der Waals surface area contributed by atoms with Gasteiger partial charge in [0, 0.05) is 11.6 Å². The Labute approximate surface area is 83.5 Å². The molecular formula is C10H6F2N2O. The van der Waals surface area contributed by atoms with Gasteiger partial charge in [0.25, 0.3) is 0 Å². The molecule has 0 bridgehead atoms. The molecule has 2 N–H and O–H groups in total. The van der Waals surface area contributed by atoms with Crippen LogP contribution in [0.25, 0.3) is 10.9 Å². The third kappa shape index (κ3) is 1.52. The molecule has 1 amide bonds. The standard InChI is InChI=1S/C10H6F2N2O/c11-7-1-2-8(12)9-6(7)3-5(4-14-9)10(13)15/h1-4H,(H2,13,15). The summed E-state index contributed by atoms with van der Waals surface area (Å²) >= 11 is 0. The van der Waals surface area contributed by atoms with Gasteiger partial charge in [-0.1, -0.05) is 0 Å². The van der Waals surface area contributed by atoms with Crippen LogP contribution in [0.15, 0.2) is 24.4 Å². The first-order valence-corrected chi connectivity index (χ1v) is 4.13. The molecule has 1 aromatic heterocycles. The first-order chi connectivity index (χ1) is 7.09. The van der Waals surface area contributed by atoms with E-state index >= 15 is 0 Å². The molecule has 0 unspecified atom stereocenters. The molecule has 2 aromatic rings. The van der Waals surface area contributed by atoms with Crippen molar-refractivity contribution in [3.8, 4) is 0 Å². The van der Waals surface area contributed by atoms with Crippen LogP contribution in [0.1, 0.15) is 10.4 Å². The van der Waals surface area contributed by atoms with E-state index in [2.05, 4.69) is 4.98 Å². The number of benzene rings is 1. The van der Waals surface area contributed by atoms with Crippen LogP contribution in [0, 0.1) is 11.6 Å². The lowest BCUT2D eigenvalue weighted by Crippen LogP contribution is -2.11. The minimum Gasteiger partial charge on any atom is -0.366 e. The zero-order chi connectivity index (χ0) is 11.0.